The van der Waals surface area contributed by atoms with E-state index in [-0.39, 0.29) is 11.8 Å². The first kappa shape index (κ1) is 15.5. The minimum absolute atomic E-state index is 0.0473. The van der Waals surface area contributed by atoms with Crippen LogP contribution in [-0.2, 0) is 11.3 Å². The van der Waals surface area contributed by atoms with Gasteiger partial charge in [-0.25, -0.2) is 0 Å². The molecule has 5 nitrogen and oxygen atoms in total. The summed E-state index contributed by atoms with van der Waals surface area (Å²) in [6, 6.07) is 3.82. The molecule has 2 fully saturated rings. The van der Waals surface area contributed by atoms with Crippen LogP contribution in [0.5, 0.6) is 0 Å². The van der Waals surface area contributed by atoms with Crippen LogP contribution in [0.15, 0.2) is 12.1 Å². The molecular weight excluding hydrogens is 298 g/mol. The molecule has 120 valence electrons. The highest BCUT2D eigenvalue weighted by Gasteiger charge is 2.31. The molecule has 3 rings (SSSR count). The number of fused-ring (bicyclic) bond motifs is 1. The smallest absolute Gasteiger partial charge is 0.263 e. The zero-order valence-electron chi connectivity index (χ0n) is 12.9. The van der Waals surface area contributed by atoms with E-state index < -0.39 is 0 Å². The van der Waals surface area contributed by atoms with Crippen molar-refractivity contribution in [1.29, 1.82) is 0 Å². The quantitative estimate of drug-likeness (QED) is 0.886. The third-order valence-corrected chi connectivity index (χ3v) is 5.76. The zero-order chi connectivity index (χ0) is 15.5. The lowest BCUT2D eigenvalue weighted by Crippen LogP contribution is -2.32. The average molecular weight is 321 g/mol. The van der Waals surface area contributed by atoms with Crippen molar-refractivity contribution < 1.29 is 9.59 Å². The van der Waals surface area contributed by atoms with Crippen LogP contribution in [0.25, 0.3) is 0 Å². The van der Waals surface area contributed by atoms with Crippen LogP contribution in [-0.4, -0.2) is 42.9 Å². The lowest BCUT2D eigenvalue weighted by molar-refractivity contribution is -0.119. The summed E-state index contributed by atoms with van der Waals surface area (Å²) in [5.74, 6) is 1.56. The van der Waals surface area contributed by atoms with Gasteiger partial charge in [-0.2, -0.15) is 0 Å². The number of hydrogen-bond acceptors (Lipinski definition) is 4. The van der Waals surface area contributed by atoms with E-state index in [1.54, 1.807) is 0 Å². The van der Waals surface area contributed by atoms with Crippen LogP contribution in [0.4, 0.5) is 0 Å². The number of rotatable bonds is 3. The molecule has 3 heterocycles. The van der Waals surface area contributed by atoms with Gasteiger partial charge >= 0.3 is 0 Å². The van der Waals surface area contributed by atoms with E-state index in [9.17, 15) is 9.59 Å². The first-order chi connectivity index (χ1) is 10.6. The second-order valence-electron chi connectivity index (χ2n) is 6.22. The Bertz CT molecular complexity index is 543. The van der Waals surface area contributed by atoms with E-state index in [4.69, 9.17) is 0 Å². The molecule has 2 aliphatic rings. The molecule has 2 N–H and O–H groups in total. The maximum absolute atomic E-state index is 12.7. The SMILES string of the molecule is CC(=O)NCc1ccc(C(=O)N2CC[C@@H]3CNC[C@@H]3CC2)s1. The van der Waals surface area contributed by atoms with Crippen LogP contribution in [0, 0.1) is 11.8 Å². The Balaban J connectivity index is 1.60. The number of hydrogen-bond donors (Lipinski definition) is 2. The van der Waals surface area contributed by atoms with Crippen LogP contribution >= 0.6 is 11.3 Å². The third-order valence-electron chi connectivity index (χ3n) is 4.69. The molecule has 22 heavy (non-hydrogen) atoms. The van der Waals surface area contributed by atoms with Gasteiger partial charge in [0.1, 0.15) is 0 Å². The molecule has 0 unspecified atom stereocenters. The van der Waals surface area contributed by atoms with Gasteiger partial charge in [-0.1, -0.05) is 0 Å². The Morgan fingerprint density at radius 2 is 1.95 bits per heavy atom. The van der Waals surface area contributed by atoms with Gasteiger partial charge in [-0.3, -0.25) is 9.59 Å². The number of nitrogens with zero attached hydrogens (tertiary/aromatic N) is 1. The average Bonchev–Trinajstić information content (AvgIpc) is 3.10. The molecule has 2 atom stereocenters. The van der Waals surface area contributed by atoms with Gasteiger partial charge in [0.25, 0.3) is 5.91 Å². The van der Waals surface area contributed by atoms with Crippen molar-refractivity contribution in [3.05, 3.63) is 21.9 Å². The second-order valence-corrected chi connectivity index (χ2v) is 7.39. The fourth-order valence-electron chi connectivity index (χ4n) is 3.38. The first-order valence-corrected chi connectivity index (χ1v) is 8.78. The highest BCUT2D eigenvalue weighted by molar-refractivity contribution is 7.14. The fourth-order valence-corrected chi connectivity index (χ4v) is 4.29. The van der Waals surface area contributed by atoms with E-state index in [1.807, 2.05) is 17.0 Å². The number of nitrogens with one attached hydrogen (secondary N) is 2. The lowest BCUT2D eigenvalue weighted by Gasteiger charge is -2.20. The summed E-state index contributed by atoms with van der Waals surface area (Å²) in [6.45, 7) is 5.94. The van der Waals surface area contributed by atoms with Crippen molar-refractivity contribution in [2.45, 2.75) is 26.3 Å². The molecule has 0 aromatic carbocycles. The van der Waals surface area contributed by atoms with Gasteiger partial charge in [-0.15, -0.1) is 11.3 Å². The molecule has 1 aromatic heterocycles. The number of amides is 2. The number of likely N-dealkylation sites (tertiary alicyclic amines) is 1. The van der Waals surface area contributed by atoms with Crippen LogP contribution in [0.3, 0.4) is 0 Å². The summed E-state index contributed by atoms with van der Waals surface area (Å²) in [4.78, 5) is 27.4. The second kappa shape index (κ2) is 6.79. The maximum atomic E-state index is 12.7. The van der Waals surface area contributed by atoms with Gasteiger partial charge in [0.2, 0.25) is 5.91 Å². The Kier molecular flexibility index (Phi) is 4.78. The van der Waals surface area contributed by atoms with E-state index in [0.29, 0.717) is 6.54 Å². The van der Waals surface area contributed by atoms with Crippen molar-refractivity contribution in [2.75, 3.05) is 26.2 Å². The summed E-state index contributed by atoms with van der Waals surface area (Å²) in [7, 11) is 0. The molecule has 2 saturated heterocycles. The highest BCUT2D eigenvalue weighted by atomic mass is 32.1. The number of thiophene rings is 1. The summed E-state index contributed by atoms with van der Waals surface area (Å²) < 4.78 is 0. The van der Waals surface area contributed by atoms with Crippen molar-refractivity contribution in [1.82, 2.24) is 15.5 Å². The van der Waals surface area contributed by atoms with Crippen molar-refractivity contribution in [3.63, 3.8) is 0 Å². The summed E-state index contributed by atoms with van der Waals surface area (Å²) >= 11 is 1.49. The predicted molar refractivity (Wildman–Crippen MR) is 86.8 cm³/mol. The third kappa shape index (κ3) is 3.50. The van der Waals surface area contributed by atoms with Crippen LogP contribution in [0.2, 0.25) is 0 Å². The summed E-state index contributed by atoms with van der Waals surface area (Å²) in [5.41, 5.74) is 0. The maximum Gasteiger partial charge on any atom is 0.263 e. The number of carbonyl (C=O) groups is 2. The normalized spacial score (nSPS) is 24.7. The molecule has 0 spiro atoms. The predicted octanol–water partition coefficient (Wildman–Crippen LogP) is 1.46. The van der Waals surface area contributed by atoms with E-state index in [2.05, 4.69) is 10.6 Å². The summed E-state index contributed by atoms with van der Waals surface area (Å²) in [5, 5.41) is 6.23. The Hall–Kier alpha value is -1.40. The standard InChI is InChI=1S/C16H23N3O2S/c1-11(20)18-10-14-2-3-15(22-14)16(21)19-6-4-12-8-17-9-13(12)5-7-19/h2-3,12-13,17H,4-10H2,1H3,(H,18,20)/t12-,13+. The van der Waals surface area contributed by atoms with Gasteiger partial charge in [0.15, 0.2) is 0 Å². The van der Waals surface area contributed by atoms with E-state index in [0.717, 1.165) is 60.6 Å². The Morgan fingerprint density at radius 1 is 1.27 bits per heavy atom. The van der Waals surface area contributed by atoms with Crippen LogP contribution < -0.4 is 10.6 Å². The molecule has 0 radical (unpaired) electrons. The monoisotopic (exact) mass is 321 g/mol. The van der Waals surface area contributed by atoms with Gasteiger partial charge < -0.3 is 15.5 Å². The molecule has 0 aliphatic carbocycles. The van der Waals surface area contributed by atoms with Crippen LogP contribution in [0.1, 0.15) is 34.3 Å². The van der Waals surface area contributed by atoms with E-state index in [1.165, 1.54) is 18.3 Å². The number of carbonyl (C=O) groups excluding carboxylic acids is 2. The molecule has 6 heteroatoms. The van der Waals surface area contributed by atoms with Gasteiger partial charge in [0, 0.05) is 24.9 Å². The molecule has 0 saturated carbocycles. The van der Waals surface area contributed by atoms with E-state index >= 15 is 0 Å². The molecule has 0 bridgehead atoms. The van der Waals surface area contributed by atoms with Gasteiger partial charge in [0.05, 0.1) is 11.4 Å². The van der Waals surface area contributed by atoms with Crippen molar-refractivity contribution >= 4 is 23.2 Å². The Labute approximate surface area is 135 Å². The van der Waals surface area contributed by atoms with Gasteiger partial charge in [-0.05, 0) is 49.9 Å². The minimum atomic E-state index is -0.0473. The first-order valence-electron chi connectivity index (χ1n) is 7.96. The zero-order valence-corrected chi connectivity index (χ0v) is 13.7. The molecular formula is C16H23N3O2S. The minimum Gasteiger partial charge on any atom is -0.351 e. The molecule has 2 aliphatic heterocycles. The Morgan fingerprint density at radius 3 is 2.59 bits per heavy atom. The molecule has 2 amide bonds. The molecule has 1 aromatic rings. The lowest BCUT2D eigenvalue weighted by atomic mass is 9.92. The highest BCUT2D eigenvalue weighted by Crippen LogP contribution is 2.28. The topological polar surface area (TPSA) is 61.4 Å². The summed E-state index contributed by atoms with van der Waals surface area (Å²) in [6.07, 6.45) is 2.21. The fraction of sp³-hybridized carbons (Fsp3) is 0.625. The largest absolute Gasteiger partial charge is 0.351 e. The van der Waals surface area contributed by atoms with Crippen molar-refractivity contribution in [3.8, 4) is 0 Å². The van der Waals surface area contributed by atoms with Crippen molar-refractivity contribution in [2.24, 2.45) is 11.8 Å².